The number of carbonyl (C=O) groups is 1. The first-order chi connectivity index (χ1) is 10.8. The molecule has 1 N–H and O–H groups in total. The first kappa shape index (κ1) is 17.1. The number of aromatic carboxylic acids is 1. The zero-order chi connectivity index (χ0) is 17.0. The van der Waals surface area contributed by atoms with Crippen molar-refractivity contribution in [1.29, 1.82) is 0 Å². The van der Waals surface area contributed by atoms with E-state index >= 15 is 0 Å². The molecule has 0 aliphatic carbocycles. The highest BCUT2D eigenvalue weighted by Crippen LogP contribution is 2.31. The van der Waals surface area contributed by atoms with Crippen LogP contribution in [0.5, 0.6) is 5.88 Å². The second-order valence-corrected chi connectivity index (χ2v) is 5.49. The smallest absolute Gasteiger partial charge is 0.416 e. The molecule has 0 atom stereocenters. The summed E-state index contributed by atoms with van der Waals surface area (Å²) in [7, 11) is 1.30. The van der Waals surface area contributed by atoms with Crippen LogP contribution in [0.1, 0.15) is 21.5 Å². The summed E-state index contributed by atoms with van der Waals surface area (Å²) >= 11 is 1.19. The van der Waals surface area contributed by atoms with Gasteiger partial charge in [0.25, 0.3) is 0 Å². The van der Waals surface area contributed by atoms with Gasteiger partial charge in [-0.25, -0.2) is 9.78 Å². The van der Waals surface area contributed by atoms with E-state index in [1.807, 2.05) is 0 Å². The average Bonchev–Trinajstić information content (AvgIpc) is 2.52. The molecule has 0 aliphatic rings. The maximum atomic E-state index is 12.7. The minimum absolute atomic E-state index is 0.0356. The fraction of sp³-hybridized carbons (Fsp3) is 0.200. The summed E-state index contributed by atoms with van der Waals surface area (Å²) in [6, 6.07) is 7.87. The van der Waals surface area contributed by atoms with Gasteiger partial charge < -0.3 is 9.84 Å². The molecule has 4 nitrogen and oxygen atoms in total. The van der Waals surface area contributed by atoms with E-state index in [4.69, 9.17) is 9.84 Å². The van der Waals surface area contributed by atoms with Crippen LogP contribution in [0.4, 0.5) is 13.2 Å². The highest BCUT2D eigenvalue weighted by molar-refractivity contribution is 7.98. The zero-order valence-corrected chi connectivity index (χ0v) is 12.7. The van der Waals surface area contributed by atoms with E-state index in [1.54, 1.807) is 6.07 Å². The first-order valence-electron chi connectivity index (χ1n) is 6.38. The van der Waals surface area contributed by atoms with Crippen molar-refractivity contribution in [2.24, 2.45) is 0 Å². The number of methoxy groups -OCH3 is 1. The fourth-order valence-corrected chi connectivity index (χ4v) is 2.62. The van der Waals surface area contributed by atoms with Crippen molar-refractivity contribution in [3.63, 3.8) is 0 Å². The van der Waals surface area contributed by atoms with Crippen LogP contribution in [0.3, 0.4) is 0 Å². The Bertz CT molecular complexity index is 719. The van der Waals surface area contributed by atoms with Crippen molar-refractivity contribution < 1.29 is 27.8 Å². The summed E-state index contributed by atoms with van der Waals surface area (Å²) in [5, 5.41) is 9.43. The van der Waals surface area contributed by atoms with Crippen LogP contribution in [0.2, 0.25) is 0 Å². The molecule has 0 aliphatic heterocycles. The van der Waals surface area contributed by atoms with Crippen LogP contribution in [-0.2, 0) is 11.9 Å². The predicted octanol–water partition coefficient (Wildman–Crippen LogP) is 4.10. The molecule has 0 radical (unpaired) electrons. The first-order valence-corrected chi connectivity index (χ1v) is 7.37. The fourth-order valence-electron chi connectivity index (χ4n) is 1.82. The number of carboxylic acids is 1. The van der Waals surface area contributed by atoms with Gasteiger partial charge in [0, 0.05) is 5.75 Å². The second kappa shape index (κ2) is 6.91. The van der Waals surface area contributed by atoms with E-state index in [-0.39, 0.29) is 17.2 Å². The minimum atomic E-state index is -4.38. The summed E-state index contributed by atoms with van der Waals surface area (Å²) in [5.41, 5.74) is -0.286. The molecule has 0 saturated heterocycles. The Morgan fingerprint density at radius 1 is 1.30 bits per heavy atom. The lowest BCUT2D eigenvalue weighted by atomic mass is 10.1. The number of benzene rings is 1. The number of nitrogens with zero attached hydrogens (tertiary/aromatic N) is 1. The van der Waals surface area contributed by atoms with Gasteiger partial charge in [0.05, 0.1) is 12.7 Å². The molecule has 2 aromatic rings. The average molecular weight is 343 g/mol. The van der Waals surface area contributed by atoms with Gasteiger partial charge in [-0.1, -0.05) is 18.2 Å². The van der Waals surface area contributed by atoms with Crippen molar-refractivity contribution >= 4 is 17.7 Å². The van der Waals surface area contributed by atoms with Gasteiger partial charge >= 0.3 is 12.1 Å². The Morgan fingerprint density at radius 2 is 2.04 bits per heavy atom. The zero-order valence-electron chi connectivity index (χ0n) is 11.9. The van der Waals surface area contributed by atoms with E-state index in [1.165, 1.54) is 37.1 Å². The highest BCUT2D eigenvalue weighted by Gasteiger charge is 2.30. The number of hydrogen-bond acceptors (Lipinski definition) is 4. The van der Waals surface area contributed by atoms with Gasteiger partial charge in [-0.05, 0) is 23.8 Å². The summed E-state index contributed by atoms with van der Waals surface area (Å²) in [4.78, 5) is 15.0. The van der Waals surface area contributed by atoms with Crippen molar-refractivity contribution in [2.45, 2.75) is 17.0 Å². The molecule has 8 heteroatoms. The number of alkyl halides is 3. The molecule has 0 saturated carbocycles. The molecule has 0 bridgehead atoms. The molecule has 0 spiro atoms. The van der Waals surface area contributed by atoms with E-state index in [9.17, 15) is 18.0 Å². The van der Waals surface area contributed by atoms with Gasteiger partial charge in [0.2, 0.25) is 5.88 Å². The van der Waals surface area contributed by atoms with Crippen molar-refractivity contribution in [3.05, 3.63) is 53.1 Å². The van der Waals surface area contributed by atoms with Crippen LogP contribution in [0.15, 0.2) is 41.4 Å². The number of hydrogen-bond donors (Lipinski definition) is 1. The molecule has 0 fully saturated rings. The number of ether oxygens (including phenoxy) is 1. The molecule has 23 heavy (non-hydrogen) atoms. The number of thioether (sulfide) groups is 1. The van der Waals surface area contributed by atoms with E-state index < -0.39 is 17.7 Å². The van der Waals surface area contributed by atoms with Crippen LogP contribution in [0.25, 0.3) is 0 Å². The van der Waals surface area contributed by atoms with Crippen LogP contribution in [0, 0.1) is 0 Å². The van der Waals surface area contributed by atoms with E-state index in [0.717, 1.165) is 12.1 Å². The van der Waals surface area contributed by atoms with Crippen LogP contribution < -0.4 is 4.74 Å². The molecular formula is C15H12F3NO3S. The Balaban J connectivity index is 2.14. The number of carboxylic acid groups (broad SMARTS) is 1. The maximum absolute atomic E-state index is 12.7. The van der Waals surface area contributed by atoms with Gasteiger partial charge in [0.1, 0.15) is 10.6 Å². The monoisotopic (exact) mass is 343 g/mol. The van der Waals surface area contributed by atoms with E-state index in [2.05, 4.69) is 4.98 Å². The lowest BCUT2D eigenvalue weighted by molar-refractivity contribution is -0.137. The number of rotatable bonds is 5. The summed E-state index contributed by atoms with van der Waals surface area (Å²) in [6.07, 6.45) is -4.38. The van der Waals surface area contributed by atoms with Gasteiger partial charge in [-0.3, -0.25) is 0 Å². The third-order valence-corrected chi connectivity index (χ3v) is 3.90. The standard InChI is InChI=1S/C15H12F3NO3S/c1-22-13-11(14(20)21)5-6-12(19-13)23-8-9-3-2-4-10(7-9)15(16,17)18/h2-7H,8H2,1H3,(H,20,21). The Hall–Kier alpha value is -2.22. The number of pyridine rings is 1. The lowest BCUT2D eigenvalue weighted by Crippen LogP contribution is -2.05. The number of halogens is 3. The largest absolute Gasteiger partial charge is 0.480 e. The Morgan fingerprint density at radius 3 is 2.65 bits per heavy atom. The maximum Gasteiger partial charge on any atom is 0.416 e. The molecule has 1 aromatic heterocycles. The summed E-state index contributed by atoms with van der Waals surface area (Å²) in [6.45, 7) is 0. The molecule has 0 amide bonds. The molecule has 122 valence electrons. The second-order valence-electron chi connectivity index (χ2n) is 4.50. The molecule has 2 rings (SSSR count). The van der Waals surface area contributed by atoms with Crippen molar-refractivity contribution in [1.82, 2.24) is 4.98 Å². The van der Waals surface area contributed by atoms with E-state index in [0.29, 0.717) is 10.6 Å². The minimum Gasteiger partial charge on any atom is -0.480 e. The third-order valence-electron chi connectivity index (χ3n) is 2.90. The topological polar surface area (TPSA) is 59.4 Å². The van der Waals surface area contributed by atoms with Gasteiger partial charge in [-0.2, -0.15) is 13.2 Å². The third kappa shape index (κ3) is 4.38. The molecule has 0 unspecified atom stereocenters. The Kier molecular flexibility index (Phi) is 5.15. The van der Waals surface area contributed by atoms with Crippen LogP contribution in [-0.4, -0.2) is 23.2 Å². The normalized spacial score (nSPS) is 11.3. The predicted molar refractivity (Wildman–Crippen MR) is 78.8 cm³/mol. The lowest BCUT2D eigenvalue weighted by Gasteiger charge is -2.09. The van der Waals surface area contributed by atoms with Gasteiger partial charge in [-0.15, -0.1) is 11.8 Å². The Labute approximate surface area is 134 Å². The number of aromatic nitrogens is 1. The van der Waals surface area contributed by atoms with Crippen molar-refractivity contribution in [2.75, 3.05) is 7.11 Å². The van der Waals surface area contributed by atoms with Crippen molar-refractivity contribution in [3.8, 4) is 5.88 Å². The summed E-state index contributed by atoms with van der Waals surface area (Å²) in [5.74, 6) is -0.928. The van der Waals surface area contributed by atoms with Gasteiger partial charge in [0.15, 0.2) is 0 Å². The molecule has 1 aromatic carbocycles. The van der Waals surface area contributed by atoms with Crippen LogP contribution >= 0.6 is 11.8 Å². The molecule has 1 heterocycles. The SMILES string of the molecule is COc1nc(SCc2cccc(C(F)(F)F)c2)ccc1C(=O)O. The summed E-state index contributed by atoms with van der Waals surface area (Å²) < 4.78 is 42.9. The molecular weight excluding hydrogens is 331 g/mol. The quantitative estimate of drug-likeness (QED) is 0.828. The highest BCUT2D eigenvalue weighted by atomic mass is 32.2.